The van der Waals surface area contributed by atoms with E-state index in [0.29, 0.717) is 6.42 Å². The summed E-state index contributed by atoms with van der Waals surface area (Å²) in [6.45, 7) is 2.01. The second-order valence-corrected chi connectivity index (χ2v) is 5.94. The van der Waals surface area contributed by atoms with E-state index < -0.39 is 0 Å². The summed E-state index contributed by atoms with van der Waals surface area (Å²) in [6, 6.07) is 5.40. The molecule has 0 bridgehead atoms. The Hall–Kier alpha value is -0.720. The van der Waals surface area contributed by atoms with Crippen LogP contribution in [0.25, 0.3) is 0 Å². The molecule has 0 radical (unpaired) electrons. The van der Waals surface area contributed by atoms with Gasteiger partial charge in [0.15, 0.2) is 0 Å². The van der Waals surface area contributed by atoms with Gasteiger partial charge in [0.1, 0.15) is 0 Å². The number of thioether (sulfide) groups is 1. The molecule has 0 unspecified atom stereocenters. The molecule has 19 heavy (non-hydrogen) atoms. The van der Waals surface area contributed by atoms with E-state index in [1.807, 2.05) is 31.4 Å². The van der Waals surface area contributed by atoms with Gasteiger partial charge in [-0.05, 0) is 37.3 Å². The molecule has 1 atom stereocenters. The summed E-state index contributed by atoms with van der Waals surface area (Å²) < 4.78 is 0.960. The summed E-state index contributed by atoms with van der Waals surface area (Å²) in [6.07, 6.45) is 2.54. The van der Waals surface area contributed by atoms with Crippen LogP contribution in [0, 0.1) is 6.92 Å². The van der Waals surface area contributed by atoms with Crippen molar-refractivity contribution >= 4 is 39.4 Å². The summed E-state index contributed by atoms with van der Waals surface area (Å²) >= 11 is 5.07. The fourth-order valence-corrected chi connectivity index (χ4v) is 2.66. The van der Waals surface area contributed by atoms with E-state index in [1.165, 1.54) is 0 Å². The van der Waals surface area contributed by atoms with Gasteiger partial charge >= 0.3 is 6.03 Å². The van der Waals surface area contributed by atoms with Crippen LogP contribution in [0.3, 0.4) is 0 Å². The molecule has 6 heteroatoms. The summed E-state index contributed by atoms with van der Waals surface area (Å²) in [7, 11) is 0. The normalized spacial score (nSPS) is 12.0. The minimum atomic E-state index is -0.242. The number of anilines is 1. The molecule has 0 spiro atoms. The molecule has 0 saturated carbocycles. The highest BCUT2D eigenvalue weighted by atomic mass is 79.9. The van der Waals surface area contributed by atoms with Gasteiger partial charge in [-0.25, -0.2) is 4.79 Å². The molecule has 1 rings (SSSR count). The Bertz CT molecular complexity index is 423. The van der Waals surface area contributed by atoms with Crippen molar-refractivity contribution in [3.63, 3.8) is 0 Å². The lowest BCUT2D eigenvalue weighted by atomic mass is 10.2. The minimum absolute atomic E-state index is 0.0209. The SMILES string of the molecule is CSC[C@H](CCO)NC(=O)Nc1cccc(Br)c1C. The van der Waals surface area contributed by atoms with Crippen LogP contribution in [-0.4, -0.2) is 35.8 Å². The van der Waals surface area contributed by atoms with Gasteiger partial charge in [-0.2, -0.15) is 11.8 Å². The van der Waals surface area contributed by atoms with Gasteiger partial charge in [-0.3, -0.25) is 0 Å². The zero-order chi connectivity index (χ0) is 14.3. The number of carbonyl (C=O) groups excluding carboxylic acids is 1. The molecule has 3 N–H and O–H groups in total. The Kier molecular flexibility index (Phi) is 7.27. The average Bonchev–Trinajstić information content (AvgIpc) is 2.35. The standard InChI is InChI=1S/C13H19BrN2O2S/c1-9-11(14)4-3-5-12(9)16-13(18)15-10(6-7-17)8-19-2/h3-5,10,17H,6-8H2,1-2H3,(H2,15,16,18)/t10-/m0/s1. The molecule has 0 aromatic heterocycles. The van der Waals surface area contributed by atoms with E-state index >= 15 is 0 Å². The third-order valence-electron chi connectivity index (χ3n) is 2.70. The van der Waals surface area contributed by atoms with E-state index in [1.54, 1.807) is 11.8 Å². The Morgan fingerprint density at radius 3 is 2.89 bits per heavy atom. The first-order valence-corrected chi connectivity index (χ1v) is 8.19. The third-order valence-corrected chi connectivity index (χ3v) is 4.29. The average molecular weight is 347 g/mol. The minimum Gasteiger partial charge on any atom is -0.396 e. The first kappa shape index (κ1) is 16.3. The maximum absolute atomic E-state index is 11.9. The summed E-state index contributed by atoms with van der Waals surface area (Å²) in [5.74, 6) is 0.783. The van der Waals surface area contributed by atoms with Crippen LogP contribution >= 0.6 is 27.7 Å². The van der Waals surface area contributed by atoms with E-state index in [0.717, 1.165) is 21.5 Å². The number of urea groups is 1. The molecule has 0 aliphatic heterocycles. The van der Waals surface area contributed by atoms with Crippen LogP contribution in [-0.2, 0) is 0 Å². The van der Waals surface area contributed by atoms with Crippen molar-refractivity contribution in [1.29, 1.82) is 0 Å². The predicted octanol–water partition coefficient (Wildman–Crippen LogP) is 2.99. The van der Waals surface area contributed by atoms with Gasteiger partial charge in [0.25, 0.3) is 0 Å². The molecule has 1 aromatic rings. The highest BCUT2D eigenvalue weighted by molar-refractivity contribution is 9.10. The molecule has 4 nitrogen and oxygen atoms in total. The lowest BCUT2D eigenvalue weighted by molar-refractivity contribution is 0.241. The van der Waals surface area contributed by atoms with Gasteiger partial charge in [-0.1, -0.05) is 22.0 Å². The molecular formula is C13H19BrN2O2S. The monoisotopic (exact) mass is 346 g/mol. The number of aliphatic hydroxyl groups is 1. The molecular weight excluding hydrogens is 328 g/mol. The molecule has 1 aromatic carbocycles. The maximum Gasteiger partial charge on any atom is 0.319 e. The van der Waals surface area contributed by atoms with Gasteiger partial charge in [0.05, 0.1) is 0 Å². The molecule has 0 fully saturated rings. The van der Waals surface area contributed by atoms with E-state index in [9.17, 15) is 4.79 Å². The van der Waals surface area contributed by atoms with Crippen molar-refractivity contribution < 1.29 is 9.90 Å². The molecule has 0 aliphatic rings. The second-order valence-electron chi connectivity index (χ2n) is 4.18. The van der Waals surface area contributed by atoms with E-state index in [-0.39, 0.29) is 18.7 Å². The Balaban J connectivity index is 2.61. The number of benzene rings is 1. The van der Waals surface area contributed by atoms with Crippen LogP contribution in [0.5, 0.6) is 0 Å². The highest BCUT2D eigenvalue weighted by Crippen LogP contribution is 2.23. The lowest BCUT2D eigenvalue weighted by Crippen LogP contribution is -2.40. The first-order chi connectivity index (χ1) is 9.08. The zero-order valence-electron chi connectivity index (χ0n) is 11.1. The zero-order valence-corrected chi connectivity index (χ0v) is 13.5. The Morgan fingerprint density at radius 1 is 1.53 bits per heavy atom. The van der Waals surface area contributed by atoms with E-state index in [2.05, 4.69) is 26.6 Å². The number of hydrogen-bond acceptors (Lipinski definition) is 3. The summed E-state index contributed by atoms with van der Waals surface area (Å²) in [5.41, 5.74) is 1.76. The summed E-state index contributed by atoms with van der Waals surface area (Å²) in [5, 5.41) is 14.7. The third kappa shape index (κ3) is 5.42. The van der Waals surface area contributed by atoms with Gasteiger partial charge in [0, 0.05) is 28.6 Å². The number of aliphatic hydroxyl groups excluding tert-OH is 1. The molecule has 0 aliphatic carbocycles. The maximum atomic E-state index is 11.9. The van der Waals surface area contributed by atoms with Gasteiger partial charge in [0.2, 0.25) is 0 Å². The van der Waals surface area contributed by atoms with Crippen molar-refractivity contribution in [2.75, 3.05) is 23.9 Å². The topological polar surface area (TPSA) is 61.4 Å². The number of halogens is 1. The van der Waals surface area contributed by atoms with Crippen LogP contribution in [0.4, 0.5) is 10.5 Å². The van der Waals surface area contributed by atoms with Crippen molar-refractivity contribution in [2.24, 2.45) is 0 Å². The second kappa shape index (κ2) is 8.45. The van der Waals surface area contributed by atoms with E-state index in [4.69, 9.17) is 5.11 Å². The number of nitrogens with one attached hydrogen (secondary N) is 2. The van der Waals surface area contributed by atoms with Crippen molar-refractivity contribution in [2.45, 2.75) is 19.4 Å². The first-order valence-electron chi connectivity index (χ1n) is 6.01. The van der Waals surface area contributed by atoms with Crippen molar-refractivity contribution in [3.05, 3.63) is 28.2 Å². The number of amides is 2. The smallest absolute Gasteiger partial charge is 0.319 e. The van der Waals surface area contributed by atoms with Crippen molar-refractivity contribution in [1.82, 2.24) is 5.32 Å². The largest absolute Gasteiger partial charge is 0.396 e. The Labute approximate surface area is 126 Å². The van der Waals surface area contributed by atoms with Crippen LogP contribution in [0.15, 0.2) is 22.7 Å². The fraction of sp³-hybridized carbons (Fsp3) is 0.462. The number of carbonyl (C=O) groups is 1. The van der Waals surface area contributed by atoms with Gasteiger partial charge < -0.3 is 15.7 Å². The van der Waals surface area contributed by atoms with Crippen LogP contribution in [0.1, 0.15) is 12.0 Å². The molecule has 0 heterocycles. The molecule has 106 valence electrons. The van der Waals surface area contributed by atoms with Crippen molar-refractivity contribution in [3.8, 4) is 0 Å². The quantitative estimate of drug-likeness (QED) is 0.741. The number of rotatable bonds is 6. The predicted molar refractivity (Wildman–Crippen MR) is 84.9 cm³/mol. The Morgan fingerprint density at radius 2 is 2.26 bits per heavy atom. The molecule has 0 saturated heterocycles. The fourth-order valence-electron chi connectivity index (χ4n) is 1.64. The highest BCUT2D eigenvalue weighted by Gasteiger charge is 2.12. The lowest BCUT2D eigenvalue weighted by Gasteiger charge is -2.18. The van der Waals surface area contributed by atoms with Crippen LogP contribution < -0.4 is 10.6 Å². The molecule has 2 amide bonds. The van der Waals surface area contributed by atoms with Gasteiger partial charge in [-0.15, -0.1) is 0 Å². The van der Waals surface area contributed by atoms with Crippen LogP contribution in [0.2, 0.25) is 0 Å². The summed E-state index contributed by atoms with van der Waals surface area (Å²) in [4.78, 5) is 11.9. The number of hydrogen-bond donors (Lipinski definition) is 3.